The Labute approximate surface area is 136 Å². The van der Waals surface area contributed by atoms with Gasteiger partial charge >= 0.3 is 0 Å². The zero-order valence-electron chi connectivity index (χ0n) is 13.9. The average molecular weight is 326 g/mol. The van der Waals surface area contributed by atoms with Gasteiger partial charge in [-0.25, -0.2) is 0 Å². The number of piperazine rings is 1. The zero-order valence-corrected chi connectivity index (χ0v) is 13.9. The fraction of sp³-hybridized carbons (Fsp3) is 0.533. The summed E-state index contributed by atoms with van der Waals surface area (Å²) in [7, 11) is 4.85. The summed E-state index contributed by atoms with van der Waals surface area (Å²) in [4.78, 5) is 4.19. The second-order valence-electron chi connectivity index (χ2n) is 5.14. The third-order valence-corrected chi connectivity index (χ3v) is 3.89. The van der Waals surface area contributed by atoms with Crippen molar-refractivity contribution < 1.29 is 19.7 Å². The monoisotopic (exact) mass is 326 g/mol. The first-order valence-corrected chi connectivity index (χ1v) is 7.19. The topological polar surface area (TPSA) is 116 Å². The minimum Gasteiger partial charge on any atom is -0.493 e. The molecule has 8 heteroatoms. The summed E-state index contributed by atoms with van der Waals surface area (Å²) in [6.07, 6.45) is 0. The van der Waals surface area contributed by atoms with Crippen LogP contribution in [-0.2, 0) is 6.54 Å². The van der Waals surface area contributed by atoms with E-state index in [1.807, 2.05) is 17.0 Å². The van der Waals surface area contributed by atoms with E-state index in [1.54, 1.807) is 21.3 Å². The van der Waals surface area contributed by atoms with Gasteiger partial charge in [-0.3, -0.25) is 10.3 Å². The van der Waals surface area contributed by atoms with Crippen LogP contribution >= 0.6 is 0 Å². The number of nitrogens with two attached hydrogens (primary N) is 1. The van der Waals surface area contributed by atoms with E-state index in [1.165, 1.54) is 0 Å². The van der Waals surface area contributed by atoms with Gasteiger partial charge in [-0.1, -0.05) is 6.07 Å². The number of hydrogen-bond acceptors (Lipinski definition) is 5. The van der Waals surface area contributed by atoms with Crippen molar-refractivity contribution in [2.45, 2.75) is 6.54 Å². The molecule has 2 rings (SSSR count). The molecule has 0 aliphatic carbocycles. The summed E-state index contributed by atoms with van der Waals surface area (Å²) in [5.41, 5.74) is 6.57. The van der Waals surface area contributed by atoms with Gasteiger partial charge in [-0.15, -0.1) is 0 Å². The Morgan fingerprint density at radius 2 is 1.65 bits per heavy atom. The van der Waals surface area contributed by atoms with E-state index in [0.717, 1.165) is 38.3 Å². The number of benzene rings is 1. The Kier molecular flexibility index (Phi) is 6.92. The van der Waals surface area contributed by atoms with Crippen molar-refractivity contribution in [1.29, 1.82) is 5.41 Å². The molecule has 1 heterocycles. The number of hydrogen-bond donors (Lipinski definition) is 2. The number of rotatable bonds is 5. The van der Waals surface area contributed by atoms with E-state index in [2.05, 4.69) is 4.90 Å². The molecular weight excluding hydrogens is 300 g/mol. The quantitative estimate of drug-likeness (QED) is 0.576. The number of ether oxygens (including phenoxy) is 3. The van der Waals surface area contributed by atoms with Gasteiger partial charge in [-0.2, -0.15) is 0 Å². The van der Waals surface area contributed by atoms with Crippen molar-refractivity contribution in [2.75, 3.05) is 47.5 Å². The third kappa shape index (κ3) is 4.17. The molecule has 1 aliphatic heterocycles. The predicted octanol–water partition coefficient (Wildman–Crippen LogP) is -0.101. The van der Waals surface area contributed by atoms with Crippen LogP contribution in [0, 0.1) is 5.41 Å². The molecule has 0 aromatic heterocycles. The molecule has 0 amide bonds. The summed E-state index contributed by atoms with van der Waals surface area (Å²) < 4.78 is 16.2. The Morgan fingerprint density at radius 3 is 2.13 bits per heavy atom. The van der Waals surface area contributed by atoms with Gasteiger partial charge < -0.3 is 30.3 Å². The van der Waals surface area contributed by atoms with Crippen LogP contribution in [0.15, 0.2) is 12.1 Å². The normalized spacial score (nSPS) is 14.8. The maximum Gasteiger partial charge on any atom is 0.203 e. The lowest BCUT2D eigenvalue weighted by molar-refractivity contribution is 0.172. The first-order valence-electron chi connectivity index (χ1n) is 7.19. The number of nitrogens with one attached hydrogen (secondary N) is 1. The number of guanidine groups is 1. The average Bonchev–Trinajstić information content (AvgIpc) is 2.54. The van der Waals surface area contributed by atoms with Gasteiger partial charge in [0.25, 0.3) is 0 Å². The van der Waals surface area contributed by atoms with Gasteiger partial charge in [-0.05, 0) is 6.07 Å². The van der Waals surface area contributed by atoms with Crippen LogP contribution in [0.4, 0.5) is 0 Å². The maximum absolute atomic E-state index is 7.47. The van der Waals surface area contributed by atoms with Crippen LogP contribution in [0.25, 0.3) is 0 Å². The molecule has 0 radical (unpaired) electrons. The highest BCUT2D eigenvalue weighted by molar-refractivity contribution is 5.74. The molecule has 130 valence electrons. The van der Waals surface area contributed by atoms with Gasteiger partial charge in [0.2, 0.25) is 5.75 Å². The summed E-state index contributed by atoms with van der Waals surface area (Å²) >= 11 is 0. The Balaban J connectivity index is 0.00000264. The van der Waals surface area contributed by atoms with Crippen LogP contribution in [0.5, 0.6) is 17.2 Å². The second-order valence-corrected chi connectivity index (χ2v) is 5.14. The summed E-state index contributed by atoms with van der Waals surface area (Å²) in [6, 6.07) is 3.89. The van der Waals surface area contributed by atoms with Gasteiger partial charge in [0.05, 0.1) is 21.3 Å². The first-order chi connectivity index (χ1) is 10.6. The second kappa shape index (κ2) is 8.44. The fourth-order valence-corrected chi connectivity index (χ4v) is 2.68. The van der Waals surface area contributed by atoms with Crippen molar-refractivity contribution in [2.24, 2.45) is 5.73 Å². The molecule has 5 N–H and O–H groups in total. The van der Waals surface area contributed by atoms with Crippen LogP contribution < -0.4 is 19.9 Å². The number of methoxy groups -OCH3 is 3. The lowest BCUT2D eigenvalue weighted by Crippen LogP contribution is -2.50. The molecule has 1 aromatic carbocycles. The molecule has 1 aliphatic rings. The Bertz CT molecular complexity index is 530. The molecular formula is C15H26N4O4. The highest BCUT2D eigenvalue weighted by Crippen LogP contribution is 2.40. The van der Waals surface area contributed by atoms with Crippen LogP contribution in [0.3, 0.4) is 0 Å². The minimum atomic E-state index is 0. The molecule has 1 fully saturated rings. The van der Waals surface area contributed by atoms with E-state index < -0.39 is 0 Å². The maximum atomic E-state index is 7.47. The Hall–Kier alpha value is -2.19. The van der Waals surface area contributed by atoms with Crippen molar-refractivity contribution in [3.05, 3.63) is 17.7 Å². The summed E-state index contributed by atoms with van der Waals surface area (Å²) in [5, 5.41) is 7.47. The van der Waals surface area contributed by atoms with E-state index in [0.29, 0.717) is 17.2 Å². The number of nitrogens with zero attached hydrogens (tertiary/aromatic N) is 2. The highest BCUT2D eigenvalue weighted by atomic mass is 16.5. The van der Waals surface area contributed by atoms with E-state index >= 15 is 0 Å². The van der Waals surface area contributed by atoms with Gasteiger partial charge in [0.1, 0.15) is 0 Å². The molecule has 0 bridgehead atoms. The lowest BCUT2D eigenvalue weighted by Gasteiger charge is -2.35. The zero-order chi connectivity index (χ0) is 16.1. The van der Waals surface area contributed by atoms with Crippen LogP contribution in [0.2, 0.25) is 0 Å². The van der Waals surface area contributed by atoms with Crippen LogP contribution in [-0.4, -0.2) is 68.7 Å². The summed E-state index contributed by atoms with van der Waals surface area (Å²) in [6.45, 7) is 4.01. The highest BCUT2D eigenvalue weighted by Gasteiger charge is 2.21. The predicted molar refractivity (Wildman–Crippen MR) is 88.5 cm³/mol. The van der Waals surface area contributed by atoms with Crippen molar-refractivity contribution in [1.82, 2.24) is 9.80 Å². The largest absolute Gasteiger partial charge is 0.493 e. The summed E-state index contributed by atoms with van der Waals surface area (Å²) in [5.74, 6) is 2.12. The third-order valence-electron chi connectivity index (χ3n) is 3.89. The SMILES string of the molecule is COc1ccc(CN2CCN(C(=N)N)CC2)c(OC)c1OC.O. The van der Waals surface area contributed by atoms with Gasteiger partial charge in [0.15, 0.2) is 17.5 Å². The molecule has 1 saturated heterocycles. The van der Waals surface area contributed by atoms with Crippen molar-refractivity contribution >= 4 is 5.96 Å². The molecule has 8 nitrogen and oxygen atoms in total. The fourth-order valence-electron chi connectivity index (χ4n) is 2.68. The molecule has 0 atom stereocenters. The van der Waals surface area contributed by atoms with E-state index in [-0.39, 0.29) is 11.4 Å². The Morgan fingerprint density at radius 1 is 1.04 bits per heavy atom. The molecule has 1 aromatic rings. The molecule has 0 saturated carbocycles. The van der Waals surface area contributed by atoms with Crippen molar-refractivity contribution in [3.63, 3.8) is 0 Å². The van der Waals surface area contributed by atoms with Crippen molar-refractivity contribution in [3.8, 4) is 17.2 Å². The first kappa shape index (κ1) is 18.9. The standard InChI is InChI=1S/C15H24N4O3.H2O/c1-20-12-5-4-11(13(21-2)14(12)22-3)10-18-6-8-19(9-7-18)15(16)17;/h4-5H,6-10H2,1-3H3,(H3,16,17);1H2. The molecule has 0 spiro atoms. The molecule has 23 heavy (non-hydrogen) atoms. The van der Waals surface area contributed by atoms with Crippen LogP contribution in [0.1, 0.15) is 5.56 Å². The van der Waals surface area contributed by atoms with E-state index in [4.69, 9.17) is 25.4 Å². The lowest BCUT2D eigenvalue weighted by atomic mass is 10.1. The smallest absolute Gasteiger partial charge is 0.203 e. The minimum absolute atomic E-state index is 0. The molecule has 0 unspecified atom stereocenters. The van der Waals surface area contributed by atoms with E-state index in [9.17, 15) is 0 Å². The van der Waals surface area contributed by atoms with Gasteiger partial charge in [0, 0.05) is 38.3 Å².